The maximum Gasteiger partial charge on any atom is 0.241 e. The minimum absolute atomic E-state index is 0.144. The number of aromatic amines is 1. The molecule has 4 nitrogen and oxygen atoms in total. The van der Waals surface area contributed by atoms with Gasteiger partial charge in [0, 0.05) is 21.6 Å². The molecular formula is C14H18BrN3O. The maximum absolute atomic E-state index is 12.0. The lowest BCUT2D eigenvalue weighted by molar-refractivity contribution is -0.117. The van der Waals surface area contributed by atoms with Gasteiger partial charge >= 0.3 is 0 Å². The average molecular weight is 324 g/mol. The van der Waals surface area contributed by atoms with E-state index in [4.69, 9.17) is 5.73 Å². The normalized spacial score (nSPS) is 12.9. The summed E-state index contributed by atoms with van der Waals surface area (Å²) in [5.74, 6) is 0.257. The number of hydrogen-bond donors (Lipinski definition) is 3. The largest absolute Gasteiger partial charge is 0.359 e. The Kier molecular flexibility index (Phi) is 4.27. The number of carbonyl (C=O) groups is 1. The van der Waals surface area contributed by atoms with Crippen molar-refractivity contribution >= 4 is 38.4 Å². The predicted octanol–water partition coefficient (Wildman–Crippen LogP) is 3.24. The number of nitrogens with one attached hydrogen (secondary N) is 2. The lowest BCUT2D eigenvalue weighted by Gasteiger charge is -2.13. The van der Waals surface area contributed by atoms with Crippen LogP contribution in [-0.2, 0) is 4.79 Å². The Labute approximate surface area is 120 Å². The summed E-state index contributed by atoms with van der Waals surface area (Å²) >= 11 is 3.43. The minimum atomic E-state index is -0.475. The fourth-order valence-electron chi connectivity index (χ4n) is 2.04. The van der Waals surface area contributed by atoms with Crippen LogP contribution >= 0.6 is 15.9 Å². The van der Waals surface area contributed by atoms with E-state index in [1.165, 1.54) is 0 Å². The molecule has 0 radical (unpaired) electrons. The molecule has 0 aliphatic carbocycles. The number of carbonyl (C=O) groups excluding carboxylic acids is 1. The van der Waals surface area contributed by atoms with Crippen molar-refractivity contribution in [1.82, 2.24) is 4.98 Å². The van der Waals surface area contributed by atoms with Gasteiger partial charge in [-0.25, -0.2) is 0 Å². The fourth-order valence-corrected chi connectivity index (χ4v) is 2.40. The third-order valence-corrected chi connectivity index (χ3v) is 3.46. The van der Waals surface area contributed by atoms with Crippen LogP contribution in [0, 0.1) is 5.92 Å². The van der Waals surface area contributed by atoms with Gasteiger partial charge in [0.25, 0.3) is 0 Å². The zero-order valence-electron chi connectivity index (χ0n) is 11.0. The van der Waals surface area contributed by atoms with Crippen LogP contribution < -0.4 is 11.1 Å². The van der Waals surface area contributed by atoms with E-state index in [9.17, 15) is 4.79 Å². The van der Waals surface area contributed by atoms with Crippen LogP contribution in [0.15, 0.2) is 28.9 Å². The molecule has 0 saturated carbocycles. The fraction of sp³-hybridized carbons (Fsp3) is 0.357. The summed E-state index contributed by atoms with van der Waals surface area (Å²) in [7, 11) is 0. The van der Waals surface area contributed by atoms with E-state index in [1.54, 1.807) is 6.20 Å². The first-order valence-electron chi connectivity index (χ1n) is 6.30. The number of rotatable bonds is 4. The van der Waals surface area contributed by atoms with Gasteiger partial charge in [0.1, 0.15) is 0 Å². The number of aromatic nitrogens is 1. The average Bonchev–Trinajstić information content (AvgIpc) is 2.71. The number of amides is 1. The summed E-state index contributed by atoms with van der Waals surface area (Å²) < 4.78 is 0.974. The maximum atomic E-state index is 12.0. The van der Waals surface area contributed by atoms with E-state index in [0.717, 1.165) is 21.1 Å². The number of anilines is 1. The van der Waals surface area contributed by atoms with Crippen molar-refractivity contribution in [3.63, 3.8) is 0 Å². The topological polar surface area (TPSA) is 70.9 Å². The van der Waals surface area contributed by atoms with Crippen molar-refractivity contribution in [1.29, 1.82) is 0 Å². The van der Waals surface area contributed by atoms with Gasteiger partial charge in [-0.3, -0.25) is 4.79 Å². The SMILES string of the molecule is CC(C)C[C@H](N)C(=O)Nc1c[nH]c2ccc(Br)cc12. The Morgan fingerprint density at radius 2 is 2.21 bits per heavy atom. The van der Waals surface area contributed by atoms with Gasteiger partial charge in [0.2, 0.25) is 5.91 Å². The molecule has 2 rings (SSSR count). The Balaban J connectivity index is 2.17. The number of nitrogens with two attached hydrogens (primary N) is 1. The summed E-state index contributed by atoms with van der Waals surface area (Å²) in [5, 5.41) is 3.85. The van der Waals surface area contributed by atoms with Crippen molar-refractivity contribution < 1.29 is 4.79 Å². The lowest BCUT2D eigenvalue weighted by atomic mass is 10.0. The van der Waals surface area contributed by atoms with Crippen molar-refractivity contribution in [3.8, 4) is 0 Å². The zero-order valence-corrected chi connectivity index (χ0v) is 12.6. The van der Waals surface area contributed by atoms with E-state index in [2.05, 4.69) is 40.1 Å². The molecule has 2 aromatic rings. The highest BCUT2D eigenvalue weighted by atomic mass is 79.9. The standard InChI is InChI=1S/C14H18BrN3O/c1-8(2)5-11(16)14(19)18-13-7-17-12-4-3-9(15)6-10(12)13/h3-4,6-8,11,17H,5,16H2,1-2H3,(H,18,19)/t11-/m0/s1. The first kappa shape index (κ1) is 14.1. The third-order valence-electron chi connectivity index (χ3n) is 2.96. The lowest BCUT2D eigenvalue weighted by Crippen LogP contribution is -2.36. The molecule has 4 N–H and O–H groups in total. The number of benzene rings is 1. The van der Waals surface area contributed by atoms with Gasteiger partial charge in [0.05, 0.1) is 11.7 Å². The molecule has 1 heterocycles. The van der Waals surface area contributed by atoms with E-state index in [1.807, 2.05) is 18.2 Å². The van der Waals surface area contributed by atoms with E-state index in [-0.39, 0.29) is 5.91 Å². The molecule has 1 amide bonds. The van der Waals surface area contributed by atoms with Gasteiger partial charge in [0.15, 0.2) is 0 Å². The molecule has 19 heavy (non-hydrogen) atoms. The van der Waals surface area contributed by atoms with Gasteiger partial charge in [-0.05, 0) is 30.5 Å². The summed E-state index contributed by atoms with van der Waals surface area (Å²) in [6, 6.07) is 5.41. The molecule has 1 aromatic carbocycles. The van der Waals surface area contributed by atoms with Crippen molar-refractivity contribution in [2.45, 2.75) is 26.3 Å². The molecule has 0 spiro atoms. The number of fused-ring (bicyclic) bond motifs is 1. The summed E-state index contributed by atoms with van der Waals surface area (Å²) in [4.78, 5) is 15.1. The van der Waals surface area contributed by atoms with Crippen LogP contribution in [0.25, 0.3) is 10.9 Å². The number of halogens is 1. The molecular weight excluding hydrogens is 306 g/mol. The Bertz CT molecular complexity index is 591. The second kappa shape index (κ2) is 5.75. The summed E-state index contributed by atoms with van der Waals surface area (Å²) in [6.45, 7) is 4.10. The van der Waals surface area contributed by atoms with Crippen molar-refractivity contribution in [2.75, 3.05) is 5.32 Å². The highest BCUT2D eigenvalue weighted by molar-refractivity contribution is 9.10. The highest BCUT2D eigenvalue weighted by Crippen LogP contribution is 2.26. The zero-order chi connectivity index (χ0) is 14.0. The van der Waals surface area contributed by atoms with Crippen LogP contribution in [0.1, 0.15) is 20.3 Å². The molecule has 0 aliphatic heterocycles. The monoisotopic (exact) mass is 323 g/mol. The van der Waals surface area contributed by atoms with Crippen LogP contribution in [0.3, 0.4) is 0 Å². The van der Waals surface area contributed by atoms with E-state index < -0.39 is 6.04 Å². The second-order valence-electron chi connectivity index (χ2n) is 5.12. The molecule has 0 fully saturated rings. The molecule has 0 saturated heterocycles. The minimum Gasteiger partial charge on any atom is -0.359 e. The first-order chi connectivity index (χ1) is 8.97. The molecule has 0 aliphatic rings. The Hall–Kier alpha value is -1.33. The molecule has 0 bridgehead atoms. The molecule has 0 unspecified atom stereocenters. The number of H-pyrrole nitrogens is 1. The van der Waals surface area contributed by atoms with E-state index in [0.29, 0.717) is 12.3 Å². The van der Waals surface area contributed by atoms with Crippen molar-refractivity contribution in [3.05, 3.63) is 28.9 Å². The smallest absolute Gasteiger partial charge is 0.241 e. The van der Waals surface area contributed by atoms with Gasteiger partial charge in [-0.2, -0.15) is 0 Å². The molecule has 5 heteroatoms. The van der Waals surface area contributed by atoms with Crippen LogP contribution in [0.5, 0.6) is 0 Å². The van der Waals surface area contributed by atoms with Crippen LogP contribution in [0.2, 0.25) is 0 Å². The van der Waals surface area contributed by atoms with Gasteiger partial charge in [-0.1, -0.05) is 29.8 Å². The molecule has 1 aromatic heterocycles. The number of hydrogen-bond acceptors (Lipinski definition) is 2. The highest BCUT2D eigenvalue weighted by Gasteiger charge is 2.16. The third kappa shape index (κ3) is 3.36. The van der Waals surface area contributed by atoms with Gasteiger partial charge < -0.3 is 16.0 Å². The second-order valence-corrected chi connectivity index (χ2v) is 6.03. The Morgan fingerprint density at radius 3 is 2.89 bits per heavy atom. The van der Waals surface area contributed by atoms with E-state index >= 15 is 0 Å². The predicted molar refractivity (Wildman–Crippen MR) is 82.1 cm³/mol. The van der Waals surface area contributed by atoms with Crippen molar-refractivity contribution in [2.24, 2.45) is 11.7 Å². The summed E-state index contributed by atoms with van der Waals surface area (Å²) in [6.07, 6.45) is 2.47. The first-order valence-corrected chi connectivity index (χ1v) is 7.09. The molecule has 102 valence electrons. The summed E-state index contributed by atoms with van der Waals surface area (Å²) in [5.41, 5.74) is 7.62. The van der Waals surface area contributed by atoms with Crippen LogP contribution in [-0.4, -0.2) is 16.9 Å². The quantitative estimate of drug-likeness (QED) is 0.808. The van der Waals surface area contributed by atoms with Crippen LogP contribution in [0.4, 0.5) is 5.69 Å². The van der Waals surface area contributed by atoms with Gasteiger partial charge in [-0.15, -0.1) is 0 Å². The molecule has 1 atom stereocenters. The Morgan fingerprint density at radius 1 is 1.47 bits per heavy atom.